The van der Waals surface area contributed by atoms with Gasteiger partial charge in [0.2, 0.25) is 17.7 Å². The lowest BCUT2D eigenvalue weighted by Crippen LogP contribution is -2.34. The summed E-state index contributed by atoms with van der Waals surface area (Å²) in [5.74, 6) is -0.372. The number of imide groups is 1. The molecule has 0 bridgehead atoms. The summed E-state index contributed by atoms with van der Waals surface area (Å²) in [7, 11) is 0. The molecule has 2 aliphatic rings. The van der Waals surface area contributed by atoms with Crippen LogP contribution >= 0.6 is 11.8 Å². The standard InChI is InChI=1S/C22H22N2O3S/c25-20(23-18-12-6-8-15-7-4-5-11-17(15)18)14-28-19-13-21(26)24(22(19)27)16-9-2-1-3-10-16/h1-5,7,9-11,18-19H,6,8,12-14H2,(H,23,25)/t18-,19-/m1/s1. The Kier molecular flexibility index (Phi) is 5.48. The molecule has 2 atom stereocenters. The Labute approximate surface area is 168 Å². The molecule has 0 unspecified atom stereocenters. The molecule has 2 aromatic carbocycles. The fourth-order valence-electron chi connectivity index (χ4n) is 3.90. The summed E-state index contributed by atoms with van der Waals surface area (Å²) in [6.07, 6.45) is 3.16. The number of nitrogens with one attached hydrogen (secondary N) is 1. The minimum atomic E-state index is -0.503. The lowest BCUT2D eigenvalue weighted by atomic mass is 9.88. The van der Waals surface area contributed by atoms with Crippen LogP contribution in [0.1, 0.15) is 36.4 Å². The highest BCUT2D eigenvalue weighted by molar-refractivity contribution is 8.01. The summed E-state index contributed by atoms with van der Waals surface area (Å²) in [4.78, 5) is 38.6. The molecule has 144 valence electrons. The molecule has 1 heterocycles. The van der Waals surface area contributed by atoms with E-state index in [4.69, 9.17) is 0 Å². The molecule has 28 heavy (non-hydrogen) atoms. The Hall–Kier alpha value is -2.60. The largest absolute Gasteiger partial charge is 0.349 e. The molecule has 1 aliphatic heterocycles. The van der Waals surface area contributed by atoms with Gasteiger partial charge in [-0.3, -0.25) is 14.4 Å². The van der Waals surface area contributed by atoms with E-state index in [0.717, 1.165) is 19.3 Å². The van der Waals surface area contributed by atoms with E-state index >= 15 is 0 Å². The van der Waals surface area contributed by atoms with Crippen LogP contribution in [0, 0.1) is 0 Å². The molecule has 1 N–H and O–H groups in total. The molecule has 0 spiro atoms. The topological polar surface area (TPSA) is 66.5 Å². The third kappa shape index (κ3) is 3.83. The van der Waals surface area contributed by atoms with Crippen LogP contribution in [-0.4, -0.2) is 28.7 Å². The Balaban J connectivity index is 1.35. The van der Waals surface area contributed by atoms with Crippen molar-refractivity contribution in [2.45, 2.75) is 37.0 Å². The Morgan fingerprint density at radius 3 is 2.64 bits per heavy atom. The first-order valence-corrected chi connectivity index (χ1v) is 10.6. The first kappa shape index (κ1) is 18.7. The number of nitrogens with zero attached hydrogens (tertiary/aromatic N) is 1. The Bertz CT molecular complexity index is 900. The fourth-order valence-corrected chi connectivity index (χ4v) is 4.84. The third-order valence-electron chi connectivity index (χ3n) is 5.24. The summed E-state index contributed by atoms with van der Waals surface area (Å²) in [5.41, 5.74) is 3.07. The molecule has 1 fully saturated rings. The monoisotopic (exact) mass is 394 g/mol. The van der Waals surface area contributed by atoms with Crippen molar-refractivity contribution in [2.75, 3.05) is 10.7 Å². The molecule has 0 aromatic heterocycles. The number of anilines is 1. The second-order valence-electron chi connectivity index (χ2n) is 7.12. The molecule has 1 aliphatic carbocycles. The molecule has 5 nitrogen and oxygen atoms in total. The fraction of sp³-hybridized carbons (Fsp3) is 0.318. The number of amides is 3. The number of hydrogen-bond acceptors (Lipinski definition) is 4. The van der Waals surface area contributed by atoms with E-state index < -0.39 is 5.25 Å². The van der Waals surface area contributed by atoms with Crippen molar-refractivity contribution in [1.82, 2.24) is 5.32 Å². The second kappa shape index (κ2) is 8.19. The molecular formula is C22H22N2O3S. The van der Waals surface area contributed by atoms with E-state index in [1.165, 1.54) is 27.8 Å². The predicted octanol–water partition coefficient (Wildman–Crippen LogP) is 3.25. The quantitative estimate of drug-likeness (QED) is 0.791. The van der Waals surface area contributed by atoms with E-state index in [2.05, 4.69) is 17.4 Å². The van der Waals surface area contributed by atoms with Gasteiger partial charge in [-0.25, -0.2) is 4.90 Å². The van der Waals surface area contributed by atoms with E-state index in [-0.39, 0.29) is 35.9 Å². The van der Waals surface area contributed by atoms with E-state index in [9.17, 15) is 14.4 Å². The van der Waals surface area contributed by atoms with Crippen LogP contribution in [0.25, 0.3) is 0 Å². The van der Waals surface area contributed by atoms with Crippen molar-refractivity contribution in [3.8, 4) is 0 Å². The highest BCUT2D eigenvalue weighted by Crippen LogP contribution is 2.31. The van der Waals surface area contributed by atoms with Crippen LogP contribution in [0.3, 0.4) is 0 Å². The van der Waals surface area contributed by atoms with Crippen LogP contribution in [0.4, 0.5) is 5.69 Å². The van der Waals surface area contributed by atoms with E-state index in [1.54, 1.807) is 24.3 Å². The molecular weight excluding hydrogens is 372 g/mol. The van der Waals surface area contributed by atoms with Gasteiger partial charge >= 0.3 is 0 Å². The minimum Gasteiger partial charge on any atom is -0.349 e. The predicted molar refractivity (Wildman–Crippen MR) is 110 cm³/mol. The number of para-hydroxylation sites is 1. The number of benzene rings is 2. The van der Waals surface area contributed by atoms with Gasteiger partial charge in [-0.1, -0.05) is 42.5 Å². The normalized spacial score (nSPS) is 21.5. The maximum Gasteiger partial charge on any atom is 0.247 e. The maximum atomic E-state index is 12.6. The van der Waals surface area contributed by atoms with Crippen LogP contribution in [0.5, 0.6) is 0 Å². The van der Waals surface area contributed by atoms with Gasteiger partial charge in [0.1, 0.15) is 0 Å². The number of carbonyl (C=O) groups is 3. The molecule has 4 rings (SSSR count). The van der Waals surface area contributed by atoms with Gasteiger partial charge in [0.15, 0.2) is 0 Å². The minimum absolute atomic E-state index is 0.0276. The maximum absolute atomic E-state index is 12.6. The van der Waals surface area contributed by atoms with Crippen LogP contribution in [-0.2, 0) is 20.8 Å². The number of rotatable bonds is 5. The summed E-state index contributed by atoms with van der Waals surface area (Å²) in [5, 5.41) is 2.60. The SMILES string of the molecule is O=C(CS[C@@H]1CC(=O)N(c2ccccc2)C1=O)N[C@@H]1CCCc2ccccc21. The van der Waals surface area contributed by atoms with Crippen LogP contribution in [0.15, 0.2) is 54.6 Å². The zero-order chi connectivity index (χ0) is 19.5. The average Bonchev–Trinajstić information content (AvgIpc) is 3.00. The third-order valence-corrected chi connectivity index (χ3v) is 6.44. The first-order valence-electron chi connectivity index (χ1n) is 9.54. The first-order chi connectivity index (χ1) is 13.6. The van der Waals surface area contributed by atoms with Crippen molar-refractivity contribution in [3.63, 3.8) is 0 Å². The number of aryl methyl sites for hydroxylation is 1. The number of carbonyl (C=O) groups excluding carboxylic acids is 3. The molecule has 6 heteroatoms. The van der Waals surface area contributed by atoms with Crippen molar-refractivity contribution in [2.24, 2.45) is 0 Å². The zero-order valence-electron chi connectivity index (χ0n) is 15.5. The molecule has 2 aromatic rings. The van der Waals surface area contributed by atoms with Gasteiger partial charge in [-0.05, 0) is 42.5 Å². The zero-order valence-corrected chi connectivity index (χ0v) is 16.3. The Morgan fingerprint density at radius 1 is 1.07 bits per heavy atom. The smallest absolute Gasteiger partial charge is 0.247 e. The van der Waals surface area contributed by atoms with Gasteiger partial charge in [0, 0.05) is 6.42 Å². The van der Waals surface area contributed by atoms with Crippen molar-refractivity contribution < 1.29 is 14.4 Å². The van der Waals surface area contributed by atoms with E-state index in [0.29, 0.717) is 5.69 Å². The summed E-state index contributed by atoms with van der Waals surface area (Å²) >= 11 is 1.25. The number of fused-ring (bicyclic) bond motifs is 1. The molecule has 0 radical (unpaired) electrons. The molecule has 1 saturated heterocycles. The molecule has 3 amide bonds. The summed E-state index contributed by atoms with van der Waals surface area (Å²) in [6, 6.07) is 17.2. The molecule has 0 saturated carbocycles. The number of thioether (sulfide) groups is 1. The van der Waals surface area contributed by atoms with Gasteiger partial charge in [0.25, 0.3) is 0 Å². The van der Waals surface area contributed by atoms with Crippen molar-refractivity contribution >= 4 is 35.2 Å². The van der Waals surface area contributed by atoms with Crippen molar-refractivity contribution in [1.29, 1.82) is 0 Å². The highest BCUT2D eigenvalue weighted by atomic mass is 32.2. The Morgan fingerprint density at radius 2 is 1.82 bits per heavy atom. The average molecular weight is 394 g/mol. The highest BCUT2D eigenvalue weighted by Gasteiger charge is 2.40. The summed E-state index contributed by atoms with van der Waals surface area (Å²) < 4.78 is 0. The van der Waals surface area contributed by atoms with Crippen LogP contribution < -0.4 is 10.2 Å². The van der Waals surface area contributed by atoms with E-state index in [1.807, 2.05) is 18.2 Å². The van der Waals surface area contributed by atoms with Crippen LogP contribution in [0.2, 0.25) is 0 Å². The van der Waals surface area contributed by atoms with Gasteiger partial charge in [0.05, 0.1) is 22.7 Å². The summed E-state index contributed by atoms with van der Waals surface area (Å²) in [6.45, 7) is 0. The van der Waals surface area contributed by atoms with Gasteiger partial charge < -0.3 is 5.32 Å². The second-order valence-corrected chi connectivity index (χ2v) is 8.31. The van der Waals surface area contributed by atoms with Gasteiger partial charge in [-0.15, -0.1) is 11.8 Å². The van der Waals surface area contributed by atoms with Crippen molar-refractivity contribution in [3.05, 3.63) is 65.7 Å². The van der Waals surface area contributed by atoms with Gasteiger partial charge in [-0.2, -0.15) is 0 Å². The lowest BCUT2D eigenvalue weighted by molar-refractivity contribution is -0.121. The number of hydrogen-bond donors (Lipinski definition) is 1. The lowest BCUT2D eigenvalue weighted by Gasteiger charge is -2.26.